The fourth-order valence-corrected chi connectivity index (χ4v) is 3.57. The summed E-state index contributed by atoms with van der Waals surface area (Å²) in [5, 5.41) is 20.4. The molecular weight excluding hydrogens is 362 g/mol. The second-order valence-electron chi connectivity index (χ2n) is 7.00. The van der Waals surface area contributed by atoms with Gasteiger partial charge in [-0.15, -0.1) is 0 Å². The molecule has 1 saturated carbocycles. The minimum Gasteiger partial charge on any atom is -0.459 e. The summed E-state index contributed by atoms with van der Waals surface area (Å²) in [5.74, 6) is -0.0762. The Morgan fingerprint density at radius 1 is 1.21 bits per heavy atom. The Morgan fingerprint density at radius 2 is 2.07 bits per heavy atom. The van der Waals surface area contributed by atoms with Crippen LogP contribution in [0, 0.1) is 5.92 Å². The highest BCUT2D eigenvalue weighted by atomic mass is 16.5. The number of hydrogen-bond acceptors (Lipinski definition) is 6. The number of carbonyl (C=O) groups excluding carboxylic acids is 2. The van der Waals surface area contributed by atoms with Crippen LogP contribution >= 0.6 is 0 Å². The largest absolute Gasteiger partial charge is 0.459 e. The summed E-state index contributed by atoms with van der Waals surface area (Å²) in [6.45, 7) is 0.297. The van der Waals surface area contributed by atoms with Crippen molar-refractivity contribution < 1.29 is 23.6 Å². The first-order valence-electron chi connectivity index (χ1n) is 9.25. The molecule has 4 rings (SSSR count). The Kier molecular flexibility index (Phi) is 5.12. The minimum atomic E-state index is -0.803. The third-order valence-corrected chi connectivity index (χ3v) is 5.08. The number of carbonyl (C=O) groups is 2. The summed E-state index contributed by atoms with van der Waals surface area (Å²) in [5.41, 5.74) is 0.783. The van der Waals surface area contributed by atoms with Gasteiger partial charge in [-0.3, -0.25) is 9.59 Å². The quantitative estimate of drug-likeness (QED) is 0.620. The van der Waals surface area contributed by atoms with Gasteiger partial charge in [0.25, 0.3) is 5.91 Å². The first-order chi connectivity index (χ1) is 13.6. The van der Waals surface area contributed by atoms with Crippen molar-refractivity contribution in [2.24, 2.45) is 5.92 Å². The maximum atomic E-state index is 12.5. The van der Waals surface area contributed by atoms with Gasteiger partial charge in [-0.05, 0) is 31.4 Å². The number of nitrogens with zero attached hydrogens (tertiary/aromatic N) is 1. The number of hydrogen-bond donors (Lipinski definition) is 3. The topological polar surface area (TPSA) is 118 Å². The van der Waals surface area contributed by atoms with Crippen molar-refractivity contribution >= 4 is 22.8 Å². The number of benzene rings is 1. The number of fused-ring (bicyclic) bond motifs is 1. The smallest absolute Gasteiger partial charge is 0.290 e. The molecule has 8 nitrogen and oxygen atoms in total. The molecule has 1 aliphatic rings. The summed E-state index contributed by atoms with van der Waals surface area (Å²) < 4.78 is 10.5. The predicted molar refractivity (Wildman–Crippen MR) is 99.2 cm³/mol. The molecule has 0 saturated heterocycles. The van der Waals surface area contributed by atoms with Crippen LogP contribution < -0.4 is 10.6 Å². The normalized spacial score (nSPS) is 22.1. The van der Waals surface area contributed by atoms with Gasteiger partial charge in [0.1, 0.15) is 11.3 Å². The van der Waals surface area contributed by atoms with Crippen LogP contribution in [-0.2, 0) is 11.3 Å². The molecule has 3 N–H and O–H groups in total. The molecule has 0 spiro atoms. The van der Waals surface area contributed by atoms with Gasteiger partial charge in [-0.1, -0.05) is 23.4 Å². The average molecular weight is 383 g/mol. The Labute approximate surface area is 160 Å². The third-order valence-electron chi connectivity index (χ3n) is 5.08. The van der Waals surface area contributed by atoms with Gasteiger partial charge in [-0.25, -0.2) is 0 Å². The van der Waals surface area contributed by atoms with E-state index in [1.165, 1.54) is 12.3 Å². The van der Waals surface area contributed by atoms with E-state index in [-0.39, 0.29) is 24.0 Å². The first kappa shape index (κ1) is 18.2. The number of rotatable bonds is 5. The van der Waals surface area contributed by atoms with Crippen LogP contribution in [0.25, 0.3) is 11.0 Å². The van der Waals surface area contributed by atoms with Crippen LogP contribution in [0.2, 0.25) is 0 Å². The lowest BCUT2D eigenvalue weighted by atomic mass is 9.83. The monoisotopic (exact) mass is 383 g/mol. The van der Waals surface area contributed by atoms with E-state index in [1.807, 2.05) is 30.3 Å². The number of para-hydroxylation sites is 1. The molecule has 0 radical (unpaired) electrons. The number of aliphatic hydroxyl groups is 1. The second kappa shape index (κ2) is 7.85. The van der Waals surface area contributed by atoms with Crippen LogP contribution in [0.3, 0.4) is 0 Å². The van der Waals surface area contributed by atoms with E-state index < -0.39 is 18.1 Å². The molecular formula is C20H21N3O5. The Hall–Kier alpha value is -3.13. The van der Waals surface area contributed by atoms with Crippen LogP contribution in [0.4, 0.5) is 0 Å². The summed E-state index contributed by atoms with van der Waals surface area (Å²) in [6, 6.07) is 10.6. The molecule has 8 heteroatoms. The van der Waals surface area contributed by atoms with Gasteiger partial charge in [0.15, 0.2) is 0 Å². The molecule has 28 heavy (non-hydrogen) atoms. The Morgan fingerprint density at radius 3 is 2.82 bits per heavy atom. The van der Waals surface area contributed by atoms with Crippen LogP contribution in [0.1, 0.15) is 35.6 Å². The molecule has 1 aromatic carbocycles. The molecule has 0 unspecified atom stereocenters. The van der Waals surface area contributed by atoms with Crippen molar-refractivity contribution in [3.05, 3.63) is 54.1 Å². The molecule has 2 aromatic heterocycles. The van der Waals surface area contributed by atoms with Crippen molar-refractivity contribution in [2.75, 3.05) is 0 Å². The highest BCUT2D eigenvalue weighted by molar-refractivity contribution is 5.91. The summed E-state index contributed by atoms with van der Waals surface area (Å²) in [6.07, 6.45) is 1.94. The molecule has 0 bridgehead atoms. The number of amides is 2. The van der Waals surface area contributed by atoms with Crippen molar-refractivity contribution in [1.82, 2.24) is 15.8 Å². The average Bonchev–Trinajstić information content (AvgIpc) is 3.37. The number of furan rings is 1. The van der Waals surface area contributed by atoms with E-state index in [9.17, 15) is 14.7 Å². The van der Waals surface area contributed by atoms with Gasteiger partial charge < -0.3 is 24.7 Å². The van der Waals surface area contributed by atoms with Crippen molar-refractivity contribution in [3.63, 3.8) is 0 Å². The lowest BCUT2D eigenvalue weighted by Crippen LogP contribution is -2.48. The summed E-state index contributed by atoms with van der Waals surface area (Å²) in [7, 11) is 0. The zero-order valence-electron chi connectivity index (χ0n) is 15.1. The lowest BCUT2D eigenvalue weighted by molar-refractivity contribution is -0.127. The van der Waals surface area contributed by atoms with Crippen LogP contribution in [-0.4, -0.2) is 34.2 Å². The highest BCUT2D eigenvalue weighted by Crippen LogP contribution is 2.26. The third kappa shape index (κ3) is 3.91. The molecule has 1 aliphatic carbocycles. The molecule has 2 amide bonds. The molecule has 146 valence electrons. The Bertz CT molecular complexity index is 932. The molecule has 2 heterocycles. The van der Waals surface area contributed by atoms with E-state index in [1.54, 1.807) is 0 Å². The van der Waals surface area contributed by atoms with Gasteiger partial charge in [0.05, 0.1) is 24.9 Å². The van der Waals surface area contributed by atoms with Crippen molar-refractivity contribution in [2.45, 2.75) is 38.0 Å². The van der Waals surface area contributed by atoms with E-state index in [0.29, 0.717) is 25.1 Å². The lowest BCUT2D eigenvalue weighted by Gasteiger charge is -2.32. The maximum absolute atomic E-state index is 12.5. The number of aliphatic hydroxyl groups excluding tert-OH is 1. The molecule has 1 fully saturated rings. The second-order valence-corrected chi connectivity index (χ2v) is 7.00. The van der Waals surface area contributed by atoms with Crippen molar-refractivity contribution in [1.29, 1.82) is 0 Å². The summed E-state index contributed by atoms with van der Waals surface area (Å²) in [4.78, 5) is 24.5. The number of aromatic nitrogens is 1. The molecule has 0 aliphatic heterocycles. The summed E-state index contributed by atoms with van der Waals surface area (Å²) >= 11 is 0. The predicted octanol–water partition coefficient (Wildman–Crippen LogP) is 2.00. The fourth-order valence-electron chi connectivity index (χ4n) is 3.57. The van der Waals surface area contributed by atoms with Crippen molar-refractivity contribution in [3.8, 4) is 0 Å². The number of nitrogens with one attached hydrogen (secondary N) is 2. The van der Waals surface area contributed by atoms with E-state index >= 15 is 0 Å². The zero-order chi connectivity index (χ0) is 19.5. The van der Waals surface area contributed by atoms with Gasteiger partial charge >= 0.3 is 0 Å². The van der Waals surface area contributed by atoms with E-state index in [4.69, 9.17) is 8.94 Å². The fraction of sp³-hybridized carbons (Fsp3) is 0.350. The van der Waals surface area contributed by atoms with Crippen LogP contribution in [0.5, 0.6) is 0 Å². The molecule has 3 aromatic rings. The van der Waals surface area contributed by atoms with Crippen LogP contribution in [0.15, 0.2) is 51.5 Å². The Balaban J connectivity index is 1.28. The maximum Gasteiger partial charge on any atom is 0.290 e. The SMILES string of the molecule is O=C(N[C@H]1CC[C@H](C(=O)NCc2cc3ccccc3o2)C[C@@H]1O)c1ccno1. The van der Waals surface area contributed by atoms with Gasteiger partial charge in [-0.2, -0.15) is 0 Å². The zero-order valence-corrected chi connectivity index (χ0v) is 15.1. The standard InChI is InChI=1S/C20H21N3O5/c24-16-10-13(5-6-15(16)23-20(26)18-7-8-22-28-18)19(25)21-11-14-9-12-3-1-2-4-17(12)27-14/h1-4,7-9,13,15-16,24H,5-6,10-11H2,(H,21,25)(H,23,26)/t13-,15-,16-/m0/s1. The first-order valence-corrected chi connectivity index (χ1v) is 9.25. The van der Waals surface area contributed by atoms with E-state index in [0.717, 1.165) is 11.0 Å². The minimum absolute atomic E-state index is 0.0953. The van der Waals surface area contributed by atoms with Gasteiger partial charge in [0.2, 0.25) is 11.7 Å². The van der Waals surface area contributed by atoms with Gasteiger partial charge in [0, 0.05) is 17.4 Å². The molecule has 3 atom stereocenters. The highest BCUT2D eigenvalue weighted by Gasteiger charge is 2.34. The van der Waals surface area contributed by atoms with E-state index in [2.05, 4.69) is 15.8 Å².